The molecule has 2 aromatic heterocycles. The molecule has 7 heteroatoms. The van der Waals surface area contributed by atoms with Crippen molar-refractivity contribution in [2.24, 2.45) is 0 Å². The standard InChI is InChI=1S/C17H14FN5O/c1-11-20-15(14-5-3-4-10-19-14)22-17(21-11)23(2)16(24)12-6-8-13(18)9-7-12/h3-10H,1-2H3. The summed E-state index contributed by atoms with van der Waals surface area (Å²) in [5.41, 5.74) is 0.934. The molecule has 0 saturated carbocycles. The summed E-state index contributed by atoms with van der Waals surface area (Å²) in [6, 6.07) is 10.7. The number of hydrogen-bond donors (Lipinski definition) is 0. The summed E-state index contributed by atoms with van der Waals surface area (Å²) in [7, 11) is 1.56. The minimum absolute atomic E-state index is 0.206. The number of carbonyl (C=O) groups excluding carboxylic acids is 1. The highest BCUT2D eigenvalue weighted by Gasteiger charge is 2.18. The third-order valence-electron chi connectivity index (χ3n) is 3.33. The maximum absolute atomic E-state index is 13.0. The van der Waals surface area contributed by atoms with Gasteiger partial charge in [0.1, 0.15) is 17.3 Å². The van der Waals surface area contributed by atoms with Crippen LogP contribution in [-0.2, 0) is 0 Å². The van der Waals surface area contributed by atoms with Crippen LogP contribution >= 0.6 is 0 Å². The van der Waals surface area contributed by atoms with E-state index >= 15 is 0 Å². The average Bonchev–Trinajstić information content (AvgIpc) is 2.61. The molecular weight excluding hydrogens is 309 g/mol. The Hall–Kier alpha value is -3.22. The lowest BCUT2D eigenvalue weighted by Gasteiger charge is -2.16. The number of aromatic nitrogens is 4. The van der Waals surface area contributed by atoms with E-state index < -0.39 is 5.82 Å². The first-order valence-corrected chi connectivity index (χ1v) is 7.22. The van der Waals surface area contributed by atoms with Gasteiger partial charge >= 0.3 is 0 Å². The molecule has 3 aromatic rings. The summed E-state index contributed by atoms with van der Waals surface area (Å²) in [4.78, 5) is 30.8. The number of hydrogen-bond acceptors (Lipinski definition) is 5. The molecule has 24 heavy (non-hydrogen) atoms. The highest BCUT2D eigenvalue weighted by atomic mass is 19.1. The number of benzene rings is 1. The van der Waals surface area contributed by atoms with Crippen LogP contribution in [0.1, 0.15) is 16.2 Å². The van der Waals surface area contributed by atoms with Crippen LogP contribution in [0.15, 0.2) is 48.7 Å². The number of amides is 1. The van der Waals surface area contributed by atoms with Crippen molar-refractivity contribution in [3.8, 4) is 11.5 Å². The first-order chi connectivity index (χ1) is 11.5. The molecule has 0 N–H and O–H groups in total. The molecule has 0 spiro atoms. The molecule has 6 nitrogen and oxygen atoms in total. The van der Waals surface area contributed by atoms with E-state index in [2.05, 4.69) is 19.9 Å². The smallest absolute Gasteiger partial charge is 0.260 e. The molecule has 2 heterocycles. The highest BCUT2D eigenvalue weighted by molar-refractivity contribution is 6.04. The van der Waals surface area contributed by atoms with Gasteiger partial charge in [0.25, 0.3) is 5.91 Å². The molecule has 0 radical (unpaired) electrons. The largest absolute Gasteiger partial charge is 0.280 e. The second-order valence-corrected chi connectivity index (χ2v) is 5.09. The molecule has 3 rings (SSSR count). The predicted molar refractivity (Wildman–Crippen MR) is 86.9 cm³/mol. The molecule has 0 saturated heterocycles. The SMILES string of the molecule is Cc1nc(-c2ccccn2)nc(N(C)C(=O)c2ccc(F)cc2)n1. The minimum atomic E-state index is -0.400. The van der Waals surface area contributed by atoms with Crippen molar-refractivity contribution in [2.45, 2.75) is 6.92 Å². The Kier molecular flexibility index (Phi) is 4.24. The van der Waals surface area contributed by atoms with Gasteiger partial charge in [-0.3, -0.25) is 14.7 Å². The van der Waals surface area contributed by atoms with Crippen LogP contribution in [-0.4, -0.2) is 32.9 Å². The predicted octanol–water partition coefficient (Wildman–Crippen LogP) is 2.66. The number of rotatable bonds is 3. The number of carbonyl (C=O) groups is 1. The lowest BCUT2D eigenvalue weighted by atomic mass is 10.2. The number of anilines is 1. The zero-order valence-corrected chi connectivity index (χ0v) is 13.1. The molecule has 120 valence electrons. The summed E-state index contributed by atoms with van der Waals surface area (Å²) >= 11 is 0. The summed E-state index contributed by atoms with van der Waals surface area (Å²) in [5, 5.41) is 0. The summed E-state index contributed by atoms with van der Waals surface area (Å²) in [6.07, 6.45) is 1.64. The molecular formula is C17H14FN5O. The number of nitrogens with zero attached hydrogens (tertiary/aromatic N) is 5. The van der Waals surface area contributed by atoms with Gasteiger partial charge in [0.2, 0.25) is 5.95 Å². The molecule has 1 aromatic carbocycles. The summed E-state index contributed by atoms with van der Waals surface area (Å²) < 4.78 is 13.0. The maximum atomic E-state index is 13.0. The van der Waals surface area contributed by atoms with Gasteiger partial charge in [0, 0.05) is 18.8 Å². The third kappa shape index (κ3) is 3.24. The minimum Gasteiger partial charge on any atom is -0.280 e. The highest BCUT2D eigenvalue weighted by Crippen LogP contribution is 2.16. The molecule has 0 aliphatic carbocycles. The van der Waals surface area contributed by atoms with E-state index in [1.165, 1.54) is 29.2 Å². The van der Waals surface area contributed by atoms with Crippen LogP contribution in [0.5, 0.6) is 0 Å². The Bertz CT molecular complexity index is 868. The molecule has 0 fully saturated rings. The average molecular weight is 323 g/mol. The van der Waals surface area contributed by atoms with Crippen LogP contribution < -0.4 is 4.90 Å². The molecule has 0 atom stereocenters. The van der Waals surface area contributed by atoms with Crippen LogP contribution in [0.2, 0.25) is 0 Å². The lowest BCUT2D eigenvalue weighted by molar-refractivity contribution is 0.0991. The Balaban J connectivity index is 1.95. The lowest BCUT2D eigenvalue weighted by Crippen LogP contribution is -2.28. The van der Waals surface area contributed by atoms with Crippen LogP contribution in [0.3, 0.4) is 0 Å². The van der Waals surface area contributed by atoms with Gasteiger partial charge < -0.3 is 0 Å². The summed E-state index contributed by atoms with van der Waals surface area (Å²) in [6.45, 7) is 1.72. The fraction of sp³-hybridized carbons (Fsp3) is 0.118. The normalized spacial score (nSPS) is 10.5. The summed E-state index contributed by atoms with van der Waals surface area (Å²) in [5.74, 6) is 0.323. The molecule has 0 bridgehead atoms. The maximum Gasteiger partial charge on any atom is 0.260 e. The number of pyridine rings is 1. The zero-order valence-electron chi connectivity index (χ0n) is 13.1. The van der Waals surface area contributed by atoms with Gasteiger partial charge in [-0.05, 0) is 43.3 Å². The molecule has 0 aliphatic rings. The molecule has 0 aliphatic heterocycles. The molecule has 0 unspecified atom stereocenters. The second kappa shape index (κ2) is 6.49. The van der Waals surface area contributed by atoms with Crippen molar-refractivity contribution in [2.75, 3.05) is 11.9 Å². The topological polar surface area (TPSA) is 71.9 Å². The molecule has 1 amide bonds. The Morgan fingerprint density at radius 2 is 1.79 bits per heavy atom. The van der Waals surface area contributed by atoms with Gasteiger partial charge in [-0.15, -0.1) is 0 Å². The van der Waals surface area contributed by atoms with Crippen molar-refractivity contribution in [1.82, 2.24) is 19.9 Å². The first-order valence-electron chi connectivity index (χ1n) is 7.22. The van der Waals surface area contributed by atoms with Crippen molar-refractivity contribution in [3.63, 3.8) is 0 Å². The van der Waals surface area contributed by atoms with E-state index in [0.29, 0.717) is 22.9 Å². The second-order valence-electron chi connectivity index (χ2n) is 5.09. The van der Waals surface area contributed by atoms with Crippen LogP contribution in [0.4, 0.5) is 10.3 Å². The van der Waals surface area contributed by atoms with Gasteiger partial charge in [-0.2, -0.15) is 9.97 Å². The number of halogens is 1. The van der Waals surface area contributed by atoms with E-state index in [9.17, 15) is 9.18 Å². The third-order valence-corrected chi connectivity index (χ3v) is 3.33. The van der Waals surface area contributed by atoms with Crippen molar-refractivity contribution in [3.05, 3.63) is 65.9 Å². The van der Waals surface area contributed by atoms with E-state index in [-0.39, 0.29) is 11.9 Å². The Labute approximate surface area is 138 Å². The number of aryl methyl sites for hydroxylation is 1. The van der Waals surface area contributed by atoms with E-state index in [0.717, 1.165) is 0 Å². The zero-order chi connectivity index (χ0) is 17.1. The van der Waals surface area contributed by atoms with Gasteiger partial charge in [0.05, 0.1) is 0 Å². The van der Waals surface area contributed by atoms with E-state index in [1.807, 2.05) is 6.07 Å². The van der Waals surface area contributed by atoms with Gasteiger partial charge in [-0.25, -0.2) is 9.37 Å². The Morgan fingerprint density at radius 3 is 2.46 bits per heavy atom. The fourth-order valence-corrected chi connectivity index (χ4v) is 2.10. The van der Waals surface area contributed by atoms with E-state index in [1.54, 1.807) is 32.3 Å². The van der Waals surface area contributed by atoms with E-state index in [4.69, 9.17) is 0 Å². The van der Waals surface area contributed by atoms with Gasteiger partial charge in [0.15, 0.2) is 5.82 Å². The van der Waals surface area contributed by atoms with Crippen molar-refractivity contribution >= 4 is 11.9 Å². The fourth-order valence-electron chi connectivity index (χ4n) is 2.10. The van der Waals surface area contributed by atoms with Crippen LogP contribution in [0.25, 0.3) is 11.5 Å². The van der Waals surface area contributed by atoms with Gasteiger partial charge in [-0.1, -0.05) is 6.07 Å². The monoisotopic (exact) mass is 323 g/mol. The van der Waals surface area contributed by atoms with Crippen molar-refractivity contribution in [1.29, 1.82) is 0 Å². The Morgan fingerprint density at radius 1 is 1.04 bits per heavy atom. The quantitative estimate of drug-likeness (QED) is 0.741. The first kappa shape index (κ1) is 15.7. The van der Waals surface area contributed by atoms with Crippen LogP contribution in [0, 0.1) is 12.7 Å². The van der Waals surface area contributed by atoms with Crippen molar-refractivity contribution < 1.29 is 9.18 Å².